The van der Waals surface area contributed by atoms with Gasteiger partial charge in [0.25, 0.3) is 5.56 Å². The predicted octanol–water partition coefficient (Wildman–Crippen LogP) is 5.90. The Balaban J connectivity index is 2.00. The number of carbonyl (C=O) groups is 1. The molecule has 0 radical (unpaired) electrons. The van der Waals surface area contributed by atoms with Gasteiger partial charge >= 0.3 is 5.97 Å². The van der Waals surface area contributed by atoms with Crippen molar-refractivity contribution in [2.24, 2.45) is 4.99 Å². The molecule has 7 nitrogen and oxygen atoms in total. The molecule has 1 aliphatic rings. The average molecular weight is 678 g/mol. The lowest BCUT2D eigenvalue weighted by Gasteiger charge is -2.26. The van der Waals surface area contributed by atoms with Crippen LogP contribution in [-0.2, 0) is 9.53 Å². The number of ether oxygens (including phenoxy) is 3. The Morgan fingerprint density at radius 1 is 1.13 bits per heavy atom. The largest absolute Gasteiger partial charge is 0.491 e. The minimum absolute atomic E-state index is 0.0666. The molecule has 0 fully saturated rings. The van der Waals surface area contributed by atoms with E-state index in [2.05, 4.69) is 36.9 Å². The van der Waals surface area contributed by atoms with Crippen LogP contribution in [0.1, 0.15) is 58.7 Å². The van der Waals surface area contributed by atoms with Crippen molar-refractivity contribution in [2.45, 2.75) is 59.8 Å². The highest BCUT2D eigenvalue weighted by Crippen LogP contribution is 2.37. The molecule has 0 bridgehead atoms. The maximum atomic E-state index is 14.1. The first-order valence-corrected chi connectivity index (χ1v) is 15.0. The molecule has 0 saturated heterocycles. The molecule has 0 saturated carbocycles. The van der Waals surface area contributed by atoms with Gasteiger partial charge in [0.05, 0.1) is 39.1 Å². The van der Waals surface area contributed by atoms with Crippen molar-refractivity contribution < 1.29 is 19.0 Å². The van der Waals surface area contributed by atoms with E-state index in [1.54, 1.807) is 24.5 Å². The molecule has 39 heavy (non-hydrogen) atoms. The van der Waals surface area contributed by atoms with Crippen molar-refractivity contribution in [1.82, 2.24) is 4.57 Å². The summed E-state index contributed by atoms with van der Waals surface area (Å²) in [7, 11) is 0. The summed E-state index contributed by atoms with van der Waals surface area (Å²) < 4.78 is 21.2. The smallest absolute Gasteiger partial charge is 0.338 e. The van der Waals surface area contributed by atoms with Crippen molar-refractivity contribution in [3.8, 4) is 11.5 Å². The van der Waals surface area contributed by atoms with Gasteiger partial charge < -0.3 is 14.2 Å². The molecular weight excluding hydrogens is 648 g/mol. The van der Waals surface area contributed by atoms with Crippen LogP contribution in [0.25, 0.3) is 6.08 Å². The van der Waals surface area contributed by atoms with Crippen LogP contribution in [0.2, 0.25) is 0 Å². The molecule has 3 aromatic rings. The zero-order valence-corrected chi connectivity index (χ0v) is 26.6. The molecular formula is C29H30Br2N2O5S. The van der Waals surface area contributed by atoms with E-state index < -0.39 is 12.0 Å². The number of aromatic nitrogens is 1. The van der Waals surface area contributed by atoms with Crippen LogP contribution in [0.5, 0.6) is 11.5 Å². The summed E-state index contributed by atoms with van der Waals surface area (Å²) in [6.07, 6.45) is 1.63. The Kier molecular flexibility index (Phi) is 9.18. The van der Waals surface area contributed by atoms with Gasteiger partial charge in [-0.05, 0) is 81.7 Å². The van der Waals surface area contributed by atoms with Crippen molar-refractivity contribution in [2.75, 3.05) is 6.61 Å². The number of hydrogen-bond donors (Lipinski definition) is 0. The number of para-hydroxylation sites is 1. The first kappa shape index (κ1) is 29.3. The molecule has 0 unspecified atom stereocenters. The third-order valence-corrected chi connectivity index (χ3v) is 7.80. The third-order valence-electron chi connectivity index (χ3n) is 5.77. The zero-order chi connectivity index (χ0) is 28.4. The topological polar surface area (TPSA) is 79.1 Å². The van der Waals surface area contributed by atoms with Crippen molar-refractivity contribution >= 4 is 55.2 Å². The summed E-state index contributed by atoms with van der Waals surface area (Å²) in [5.74, 6) is 0.711. The number of nitrogens with zero attached hydrogens (tertiary/aromatic N) is 2. The fraction of sp³-hybridized carbons (Fsp3) is 0.345. The van der Waals surface area contributed by atoms with Gasteiger partial charge in [-0.3, -0.25) is 9.36 Å². The van der Waals surface area contributed by atoms with Crippen molar-refractivity contribution in [3.63, 3.8) is 0 Å². The molecule has 1 aliphatic heterocycles. The minimum atomic E-state index is -0.766. The molecule has 0 N–H and O–H groups in total. The molecule has 0 amide bonds. The number of halogens is 2. The van der Waals surface area contributed by atoms with Crippen LogP contribution < -0.4 is 24.4 Å². The summed E-state index contributed by atoms with van der Waals surface area (Å²) in [5, 5.41) is 0. The number of allylic oxidation sites excluding steroid dienone is 1. The van der Waals surface area contributed by atoms with E-state index in [1.807, 2.05) is 64.1 Å². The normalized spacial score (nSPS) is 15.4. The standard InChI is InChI=1S/C29H30Br2N2O5S/c1-7-36-28(35)24-17(6)32-29-33(25(24)20-10-8-9-11-22(20)37-15(2)3)27(34)23(39-29)13-18-12-19(30)14-21(31)26(18)38-16(4)5/h8-16,25H,7H2,1-6H3/b23-13-/t25-/m0/s1. The first-order chi connectivity index (χ1) is 18.5. The van der Waals surface area contributed by atoms with Gasteiger partial charge in [0.1, 0.15) is 17.5 Å². The van der Waals surface area contributed by atoms with Crippen LogP contribution in [0, 0.1) is 0 Å². The molecule has 0 spiro atoms. The number of benzene rings is 2. The van der Waals surface area contributed by atoms with E-state index in [9.17, 15) is 9.59 Å². The Bertz CT molecular complexity index is 1620. The van der Waals surface area contributed by atoms with E-state index in [0.29, 0.717) is 37.7 Å². The van der Waals surface area contributed by atoms with Crippen molar-refractivity contribution in [1.29, 1.82) is 0 Å². The minimum Gasteiger partial charge on any atom is -0.491 e. The maximum absolute atomic E-state index is 14.1. The number of hydrogen-bond acceptors (Lipinski definition) is 7. The van der Waals surface area contributed by atoms with Crippen molar-refractivity contribution in [3.05, 3.63) is 87.4 Å². The number of carbonyl (C=O) groups excluding carboxylic acids is 1. The third kappa shape index (κ3) is 6.23. The lowest BCUT2D eigenvalue weighted by molar-refractivity contribution is -0.139. The second kappa shape index (κ2) is 12.2. The van der Waals surface area contributed by atoms with Crippen LogP contribution in [0.4, 0.5) is 0 Å². The highest BCUT2D eigenvalue weighted by molar-refractivity contribution is 9.11. The van der Waals surface area contributed by atoms with Crippen LogP contribution in [-0.4, -0.2) is 29.4 Å². The number of fused-ring (bicyclic) bond motifs is 1. The molecule has 2 heterocycles. The molecule has 1 atom stereocenters. The van der Waals surface area contributed by atoms with E-state index in [1.165, 1.54) is 11.3 Å². The first-order valence-electron chi connectivity index (χ1n) is 12.6. The molecule has 2 aromatic carbocycles. The van der Waals surface area contributed by atoms with Gasteiger partial charge in [0.15, 0.2) is 4.80 Å². The molecule has 0 aliphatic carbocycles. The fourth-order valence-electron chi connectivity index (χ4n) is 4.34. The quantitative estimate of drug-likeness (QED) is 0.278. The Morgan fingerprint density at radius 3 is 2.49 bits per heavy atom. The Labute approximate surface area is 248 Å². The predicted molar refractivity (Wildman–Crippen MR) is 160 cm³/mol. The lowest BCUT2D eigenvalue weighted by Crippen LogP contribution is -2.40. The van der Waals surface area contributed by atoms with E-state index in [0.717, 1.165) is 14.5 Å². The molecule has 4 rings (SSSR count). The second-order valence-corrected chi connectivity index (χ2v) is 12.3. The average Bonchev–Trinajstić information content (AvgIpc) is 3.14. The van der Waals surface area contributed by atoms with Gasteiger partial charge in [-0.15, -0.1) is 0 Å². The lowest BCUT2D eigenvalue weighted by atomic mass is 9.95. The highest BCUT2D eigenvalue weighted by atomic mass is 79.9. The van der Waals surface area contributed by atoms with Gasteiger partial charge in [-0.2, -0.15) is 0 Å². The second-order valence-electron chi connectivity index (χ2n) is 9.48. The SMILES string of the molecule is CCOC(=O)C1=C(C)N=c2s/c(=C\c3cc(Br)cc(Br)c3OC(C)C)c(=O)n2[C@H]1c1ccccc1OC(C)C. The monoisotopic (exact) mass is 676 g/mol. The van der Waals surface area contributed by atoms with Gasteiger partial charge in [-0.1, -0.05) is 45.5 Å². The van der Waals surface area contributed by atoms with Crippen LogP contribution >= 0.6 is 43.2 Å². The van der Waals surface area contributed by atoms with Gasteiger partial charge in [0.2, 0.25) is 0 Å². The molecule has 1 aromatic heterocycles. The number of rotatable bonds is 8. The number of esters is 1. The van der Waals surface area contributed by atoms with E-state index in [-0.39, 0.29) is 24.4 Å². The summed E-state index contributed by atoms with van der Waals surface area (Å²) in [4.78, 5) is 32.5. The Hall–Kier alpha value is -2.69. The summed E-state index contributed by atoms with van der Waals surface area (Å²) in [6, 6.07) is 10.5. The maximum Gasteiger partial charge on any atom is 0.338 e. The number of thiazole rings is 1. The van der Waals surface area contributed by atoms with Crippen LogP contribution in [0.3, 0.4) is 0 Å². The summed E-state index contributed by atoms with van der Waals surface area (Å²) in [5.41, 5.74) is 1.95. The molecule has 10 heteroatoms. The van der Waals surface area contributed by atoms with Gasteiger partial charge in [-0.25, -0.2) is 9.79 Å². The van der Waals surface area contributed by atoms with E-state index in [4.69, 9.17) is 14.2 Å². The summed E-state index contributed by atoms with van der Waals surface area (Å²) in [6.45, 7) is 11.5. The van der Waals surface area contributed by atoms with E-state index >= 15 is 0 Å². The zero-order valence-electron chi connectivity index (χ0n) is 22.6. The fourth-order valence-corrected chi connectivity index (χ4v) is 6.73. The molecule has 206 valence electrons. The Morgan fingerprint density at radius 2 is 1.82 bits per heavy atom. The van der Waals surface area contributed by atoms with Gasteiger partial charge in [0, 0.05) is 15.6 Å². The van der Waals surface area contributed by atoms with Crippen LogP contribution in [0.15, 0.2) is 66.4 Å². The summed E-state index contributed by atoms with van der Waals surface area (Å²) >= 11 is 8.38. The highest BCUT2D eigenvalue weighted by Gasteiger charge is 2.35.